The molecule has 2 aromatic carbocycles. The van der Waals surface area contributed by atoms with Gasteiger partial charge in [-0.3, -0.25) is 4.79 Å². The normalized spacial score (nSPS) is 25.2. The van der Waals surface area contributed by atoms with Gasteiger partial charge < -0.3 is 9.47 Å². The number of carbonyl (C=O) groups excluding carboxylic acids is 2. The number of benzene rings is 2. The molecule has 0 amide bonds. The van der Waals surface area contributed by atoms with Crippen LogP contribution in [-0.4, -0.2) is 17.7 Å². The van der Waals surface area contributed by atoms with Crippen LogP contribution < -0.4 is 0 Å². The first-order valence-corrected chi connectivity index (χ1v) is 8.28. The van der Waals surface area contributed by atoms with E-state index >= 15 is 0 Å². The third kappa shape index (κ3) is 2.48. The first-order valence-electron chi connectivity index (χ1n) is 8.28. The Balaban J connectivity index is 1.65. The molecule has 1 aliphatic carbocycles. The number of hydrogen-bond donors (Lipinski definition) is 0. The van der Waals surface area contributed by atoms with Gasteiger partial charge in [0.2, 0.25) is 0 Å². The summed E-state index contributed by atoms with van der Waals surface area (Å²) < 4.78 is 11.2. The van der Waals surface area contributed by atoms with E-state index in [1.54, 1.807) is 6.07 Å². The van der Waals surface area contributed by atoms with Crippen LogP contribution in [0.25, 0.3) is 11.1 Å². The van der Waals surface area contributed by atoms with Gasteiger partial charge in [0.05, 0.1) is 12.0 Å². The quantitative estimate of drug-likeness (QED) is 0.803. The van der Waals surface area contributed by atoms with E-state index in [1.165, 1.54) is 0 Å². The van der Waals surface area contributed by atoms with Crippen molar-refractivity contribution in [3.05, 3.63) is 60.2 Å². The van der Waals surface area contributed by atoms with Crippen LogP contribution in [0.5, 0.6) is 0 Å². The Morgan fingerprint density at radius 1 is 1.08 bits per heavy atom. The molecule has 4 nitrogen and oxygen atoms in total. The first kappa shape index (κ1) is 14.9. The molecule has 1 aliphatic heterocycles. The topological polar surface area (TPSA) is 52.6 Å². The lowest BCUT2D eigenvalue weighted by Gasteiger charge is -2.27. The van der Waals surface area contributed by atoms with Crippen molar-refractivity contribution in [1.82, 2.24) is 0 Å². The SMILES string of the molecule is O=C1CC2CCCC2(OC(=O)c2ccccc2-c2ccccc2)O1. The molecule has 2 atom stereocenters. The van der Waals surface area contributed by atoms with E-state index in [-0.39, 0.29) is 11.9 Å². The maximum atomic E-state index is 12.8. The highest BCUT2D eigenvalue weighted by molar-refractivity contribution is 5.97. The second kappa shape index (κ2) is 5.78. The van der Waals surface area contributed by atoms with Crippen LogP contribution in [0.2, 0.25) is 0 Å². The molecule has 4 heteroatoms. The number of hydrogen-bond acceptors (Lipinski definition) is 4. The van der Waals surface area contributed by atoms with Crippen LogP contribution in [0.1, 0.15) is 36.0 Å². The van der Waals surface area contributed by atoms with Gasteiger partial charge in [-0.05, 0) is 30.0 Å². The third-order valence-corrected chi connectivity index (χ3v) is 4.90. The lowest BCUT2D eigenvalue weighted by Crippen LogP contribution is -2.37. The molecule has 0 bridgehead atoms. The number of esters is 2. The van der Waals surface area contributed by atoms with Crippen molar-refractivity contribution in [2.45, 2.75) is 31.5 Å². The maximum Gasteiger partial charge on any atom is 0.342 e. The Morgan fingerprint density at radius 2 is 1.83 bits per heavy atom. The minimum atomic E-state index is -1.06. The summed E-state index contributed by atoms with van der Waals surface area (Å²) in [4.78, 5) is 24.5. The lowest BCUT2D eigenvalue weighted by molar-refractivity contribution is -0.195. The van der Waals surface area contributed by atoms with Crippen LogP contribution >= 0.6 is 0 Å². The van der Waals surface area contributed by atoms with Crippen molar-refractivity contribution >= 4 is 11.9 Å². The summed E-state index contributed by atoms with van der Waals surface area (Å²) in [6.07, 6.45) is 2.70. The van der Waals surface area contributed by atoms with Crippen LogP contribution in [0, 0.1) is 5.92 Å². The maximum absolute atomic E-state index is 12.8. The van der Waals surface area contributed by atoms with Gasteiger partial charge in [-0.1, -0.05) is 48.5 Å². The van der Waals surface area contributed by atoms with Crippen molar-refractivity contribution in [3.63, 3.8) is 0 Å². The second-order valence-electron chi connectivity index (χ2n) is 6.38. The summed E-state index contributed by atoms with van der Waals surface area (Å²) in [5.74, 6) is -1.78. The van der Waals surface area contributed by atoms with Gasteiger partial charge in [0.1, 0.15) is 0 Å². The molecule has 4 rings (SSSR count). The average molecular weight is 322 g/mol. The van der Waals surface area contributed by atoms with Crippen molar-refractivity contribution in [2.75, 3.05) is 0 Å². The molecule has 0 N–H and O–H groups in total. The van der Waals surface area contributed by atoms with Crippen LogP contribution in [0.3, 0.4) is 0 Å². The molecule has 0 spiro atoms. The molecular formula is C20H18O4. The molecule has 0 radical (unpaired) electrons. The first-order chi connectivity index (χ1) is 11.7. The van der Waals surface area contributed by atoms with Crippen LogP contribution in [0.15, 0.2) is 54.6 Å². The van der Waals surface area contributed by atoms with Gasteiger partial charge in [-0.15, -0.1) is 0 Å². The van der Waals surface area contributed by atoms with E-state index in [4.69, 9.17) is 9.47 Å². The lowest BCUT2D eigenvalue weighted by atomic mass is 9.99. The fraction of sp³-hybridized carbons (Fsp3) is 0.300. The van der Waals surface area contributed by atoms with E-state index in [2.05, 4.69) is 0 Å². The highest BCUT2D eigenvalue weighted by Crippen LogP contribution is 2.47. The second-order valence-corrected chi connectivity index (χ2v) is 6.38. The molecule has 2 fully saturated rings. The van der Waals surface area contributed by atoms with E-state index in [0.717, 1.165) is 24.0 Å². The molecule has 0 aromatic heterocycles. The minimum absolute atomic E-state index is 0.0159. The largest absolute Gasteiger partial charge is 0.422 e. The van der Waals surface area contributed by atoms with E-state index in [9.17, 15) is 9.59 Å². The predicted octanol–water partition coefficient (Wildman–Crippen LogP) is 3.95. The fourth-order valence-corrected chi connectivity index (χ4v) is 3.74. The molecule has 2 aliphatic rings. The van der Waals surface area contributed by atoms with Gasteiger partial charge in [0.15, 0.2) is 0 Å². The summed E-state index contributed by atoms with van der Waals surface area (Å²) >= 11 is 0. The van der Waals surface area contributed by atoms with Gasteiger partial charge in [0.25, 0.3) is 5.79 Å². The van der Waals surface area contributed by atoms with Crippen molar-refractivity contribution in [3.8, 4) is 11.1 Å². The molecular weight excluding hydrogens is 304 g/mol. The predicted molar refractivity (Wildman–Crippen MR) is 88.1 cm³/mol. The molecule has 1 saturated carbocycles. The Kier molecular flexibility index (Phi) is 3.60. The average Bonchev–Trinajstić information content (AvgIpc) is 3.10. The number of rotatable bonds is 3. The molecule has 1 heterocycles. The van der Waals surface area contributed by atoms with E-state index in [0.29, 0.717) is 18.4 Å². The van der Waals surface area contributed by atoms with Gasteiger partial charge in [-0.25, -0.2) is 4.79 Å². The highest BCUT2D eigenvalue weighted by Gasteiger charge is 2.55. The van der Waals surface area contributed by atoms with Crippen molar-refractivity contribution in [1.29, 1.82) is 0 Å². The number of ether oxygens (including phenoxy) is 2. The molecule has 122 valence electrons. The zero-order valence-corrected chi connectivity index (χ0v) is 13.2. The zero-order valence-electron chi connectivity index (χ0n) is 13.2. The fourth-order valence-electron chi connectivity index (χ4n) is 3.74. The Labute approximate surface area is 140 Å². The minimum Gasteiger partial charge on any atom is -0.422 e. The monoisotopic (exact) mass is 322 g/mol. The van der Waals surface area contributed by atoms with Crippen molar-refractivity contribution in [2.24, 2.45) is 5.92 Å². The molecule has 2 unspecified atom stereocenters. The molecule has 2 aromatic rings. The van der Waals surface area contributed by atoms with Crippen LogP contribution in [0.4, 0.5) is 0 Å². The summed E-state index contributed by atoms with van der Waals surface area (Å²) in [6, 6.07) is 17.1. The smallest absolute Gasteiger partial charge is 0.342 e. The van der Waals surface area contributed by atoms with Gasteiger partial charge in [-0.2, -0.15) is 0 Å². The standard InChI is InChI=1S/C20H18O4/c21-18-13-15-9-6-12-20(15,23-18)24-19(22)17-11-5-4-10-16(17)14-7-2-1-3-8-14/h1-5,7-8,10-11,15H,6,9,12-13H2. The van der Waals surface area contributed by atoms with Gasteiger partial charge >= 0.3 is 11.9 Å². The van der Waals surface area contributed by atoms with Crippen molar-refractivity contribution < 1.29 is 19.1 Å². The van der Waals surface area contributed by atoms with Gasteiger partial charge in [0, 0.05) is 12.3 Å². The van der Waals surface area contributed by atoms with Crippen LogP contribution in [-0.2, 0) is 14.3 Å². The summed E-state index contributed by atoms with van der Waals surface area (Å²) in [5.41, 5.74) is 2.26. The summed E-state index contributed by atoms with van der Waals surface area (Å²) in [5, 5.41) is 0. The zero-order chi connectivity index (χ0) is 16.6. The molecule has 1 saturated heterocycles. The highest BCUT2D eigenvalue weighted by atomic mass is 16.7. The Morgan fingerprint density at radius 3 is 2.67 bits per heavy atom. The summed E-state index contributed by atoms with van der Waals surface area (Å²) in [7, 11) is 0. The third-order valence-electron chi connectivity index (χ3n) is 4.90. The number of fused-ring (bicyclic) bond motifs is 1. The summed E-state index contributed by atoms with van der Waals surface area (Å²) in [6.45, 7) is 0. The Hall–Kier alpha value is -2.62. The van der Waals surface area contributed by atoms with E-state index in [1.807, 2.05) is 48.5 Å². The van der Waals surface area contributed by atoms with E-state index < -0.39 is 11.8 Å². The number of carbonyl (C=O) groups is 2. The molecule has 24 heavy (non-hydrogen) atoms. The Bertz CT molecular complexity index is 783.